The standard InChI is InChI=1S/C11H15NO2/c1-9-5-3-6-10(12-9)11(13)7-4-8-14-2/h3,5-6H,4,7-8H2,1-2H3. The smallest absolute Gasteiger partial charge is 0.181 e. The second kappa shape index (κ2) is 5.50. The first-order chi connectivity index (χ1) is 6.74. The van der Waals surface area contributed by atoms with Crippen LogP contribution in [0.2, 0.25) is 0 Å². The largest absolute Gasteiger partial charge is 0.385 e. The highest BCUT2D eigenvalue weighted by Gasteiger charge is 2.06. The number of rotatable bonds is 5. The van der Waals surface area contributed by atoms with E-state index in [1.807, 2.05) is 19.1 Å². The van der Waals surface area contributed by atoms with Crippen LogP contribution < -0.4 is 0 Å². The van der Waals surface area contributed by atoms with E-state index in [-0.39, 0.29) is 5.78 Å². The number of methoxy groups -OCH3 is 1. The number of ether oxygens (including phenoxy) is 1. The number of aryl methyl sites for hydroxylation is 1. The maximum absolute atomic E-state index is 11.6. The Balaban J connectivity index is 2.52. The van der Waals surface area contributed by atoms with Crippen molar-refractivity contribution in [2.45, 2.75) is 19.8 Å². The van der Waals surface area contributed by atoms with Gasteiger partial charge in [-0.2, -0.15) is 0 Å². The van der Waals surface area contributed by atoms with Crippen molar-refractivity contribution in [1.29, 1.82) is 0 Å². The molecule has 0 aliphatic carbocycles. The Hall–Kier alpha value is -1.22. The Morgan fingerprint density at radius 2 is 2.29 bits per heavy atom. The molecule has 1 rings (SSSR count). The first-order valence-corrected chi connectivity index (χ1v) is 4.70. The Bertz CT molecular complexity index is 310. The van der Waals surface area contributed by atoms with Crippen LogP contribution in [-0.2, 0) is 4.74 Å². The fourth-order valence-corrected chi connectivity index (χ4v) is 1.20. The van der Waals surface area contributed by atoms with E-state index >= 15 is 0 Å². The van der Waals surface area contributed by atoms with Gasteiger partial charge in [0.25, 0.3) is 0 Å². The number of pyridine rings is 1. The molecule has 0 bridgehead atoms. The molecule has 1 aromatic rings. The van der Waals surface area contributed by atoms with Gasteiger partial charge < -0.3 is 4.74 Å². The Labute approximate surface area is 84.1 Å². The second-order valence-corrected chi connectivity index (χ2v) is 3.18. The SMILES string of the molecule is COCCCC(=O)c1cccc(C)n1. The number of carbonyl (C=O) groups is 1. The molecule has 0 radical (unpaired) electrons. The molecule has 1 aromatic heterocycles. The van der Waals surface area contributed by atoms with Gasteiger partial charge in [0.15, 0.2) is 5.78 Å². The summed E-state index contributed by atoms with van der Waals surface area (Å²) in [7, 11) is 1.63. The Kier molecular flexibility index (Phi) is 4.26. The summed E-state index contributed by atoms with van der Waals surface area (Å²) in [4.78, 5) is 15.7. The van der Waals surface area contributed by atoms with Crippen molar-refractivity contribution in [3.63, 3.8) is 0 Å². The summed E-state index contributed by atoms with van der Waals surface area (Å²) in [6, 6.07) is 5.49. The van der Waals surface area contributed by atoms with Crippen LogP contribution >= 0.6 is 0 Å². The third-order valence-corrected chi connectivity index (χ3v) is 1.93. The maximum atomic E-state index is 11.6. The number of nitrogens with zero attached hydrogens (tertiary/aromatic N) is 1. The highest BCUT2D eigenvalue weighted by Crippen LogP contribution is 2.03. The van der Waals surface area contributed by atoms with Gasteiger partial charge in [0.05, 0.1) is 0 Å². The molecule has 0 N–H and O–H groups in total. The zero-order valence-corrected chi connectivity index (χ0v) is 8.62. The maximum Gasteiger partial charge on any atom is 0.181 e. The van der Waals surface area contributed by atoms with Crippen LogP contribution in [0.3, 0.4) is 0 Å². The number of aromatic nitrogens is 1. The van der Waals surface area contributed by atoms with Crippen molar-refractivity contribution in [3.8, 4) is 0 Å². The number of hydrogen-bond donors (Lipinski definition) is 0. The van der Waals surface area contributed by atoms with Gasteiger partial charge in [-0.3, -0.25) is 9.78 Å². The van der Waals surface area contributed by atoms with Crippen LogP contribution in [0.1, 0.15) is 29.0 Å². The summed E-state index contributed by atoms with van der Waals surface area (Å²) in [6.07, 6.45) is 1.26. The third-order valence-electron chi connectivity index (χ3n) is 1.93. The van der Waals surface area contributed by atoms with Gasteiger partial charge in [-0.15, -0.1) is 0 Å². The van der Waals surface area contributed by atoms with Crippen LogP contribution in [-0.4, -0.2) is 24.5 Å². The molecule has 3 heteroatoms. The molecule has 76 valence electrons. The van der Waals surface area contributed by atoms with Crippen LogP contribution in [0, 0.1) is 6.92 Å². The molecule has 0 unspecified atom stereocenters. The summed E-state index contributed by atoms with van der Waals surface area (Å²) in [5, 5.41) is 0. The van der Waals surface area contributed by atoms with Gasteiger partial charge >= 0.3 is 0 Å². The number of carbonyl (C=O) groups excluding carboxylic acids is 1. The lowest BCUT2D eigenvalue weighted by Crippen LogP contribution is -2.04. The predicted molar refractivity (Wildman–Crippen MR) is 54.4 cm³/mol. The highest BCUT2D eigenvalue weighted by atomic mass is 16.5. The normalized spacial score (nSPS) is 10.1. The monoisotopic (exact) mass is 193 g/mol. The first-order valence-electron chi connectivity index (χ1n) is 4.70. The van der Waals surface area contributed by atoms with E-state index in [4.69, 9.17) is 4.74 Å². The Morgan fingerprint density at radius 3 is 2.93 bits per heavy atom. The number of Topliss-reactive ketones (excluding diaryl/α,β-unsaturated/α-hetero) is 1. The predicted octanol–water partition coefficient (Wildman–Crippen LogP) is 2.00. The minimum absolute atomic E-state index is 0.0887. The number of ketones is 1. The molecule has 0 aliphatic heterocycles. The quantitative estimate of drug-likeness (QED) is 0.530. The van der Waals surface area contributed by atoms with E-state index in [0.717, 1.165) is 12.1 Å². The van der Waals surface area contributed by atoms with Crippen LogP contribution in [0.25, 0.3) is 0 Å². The summed E-state index contributed by atoms with van der Waals surface area (Å²) < 4.78 is 4.88. The molecule has 0 spiro atoms. The second-order valence-electron chi connectivity index (χ2n) is 3.18. The van der Waals surface area contributed by atoms with Crippen LogP contribution in [0.15, 0.2) is 18.2 Å². The number of hydrogen-bond acceptors (Lipinski definition) is 3. The van der Waals surface area contributed by atoms with Crippen molar-refractivity contribution >= 4 is 5.78 Å². The average molecular weight is 193 g/mol. The Morgan fingerprint density at radius 1 is 1.50 bits per heavy atom. The molecule has 0 aliphatic rings. The molecule has 0 saturated heterocycles. The molecule has 0 aromatic carbocycles. The van der Waals surface area contributed by atoms with Gasteiger partial charge in [-0.05, 0) is 25.5 Å². The van der Waals surface area contributed by atoms with Gasteiger partial charge in [0.1, 0.15) is 5.69 Å². The molecule has 1 heterocycles. The lowest BCUT2D eigenvalue weighted by Gasteiger charge is -2.00. The third kappa shape index (κ3) is 3.26. The van der Waals surface area contributed by atoms with Crippen molar-refractivity contribution in [2.24, 2.45) is 0 Å². The summed E-state index contributed by atoms with van der Waals surface area (Å²) in [5.41, 5.74) is 1.43. The molecule has 14 heavy (non-hydrogen) atoms. The minimum Gasteiger partial charge on any atom is -0.385 e. The van der Waals surface area contributed by atoms with Gasteiger partial charge in [-0.1, -0.05) is 6.07 Å². The molecular formula is C11H15NO2. The van der Waals surface area contributed by atoms with E-state index < -0.39 is 0 Å². The van der Waals surface area contributed by atoms with Crippen LogP contribution in [0.5, 0.6) is 0 Å². The minimum atomic E-state index is 0.0887. The summed E-state index contributed by atoms with van der Waals surface area (Å²) in [6.45, 7) is 2.50. The molecular weight excluding hydrogens is 178 g/mol. The fourth-order valence-electron chi connectivity index (χ4n) is 1.20. The van der Waals surface area contributed by atoms with E-state index in [1.54, 1.807) is 13.2 Å². The summed E-state index contributed by atoms with van der Waals surface area (Å²) >= 11 is 0. The van der Waals surface area contributed by atoms with Gasteiger partial charge in [0, 0.05) is 25.8 Å². The van der Waals surface area contributed by atoms with Crippen molar-refractivity contribution in [1.82, 2.24) is 4.98 Å². The average Bonchev–Trinajstić information content (AvgIpc) is 2.18. The van der Waals surface area contributed by atoms with E-state index in [0.29, 0.717) is 18.7 Å². The molecule has 0 fully saturated rings. The van der Waals surface area contributed by atoms with E-state index in [2.05, 4.69) is 4.98 Å². The lowest BCUT2D eigenvalue weighted by molar-refractivity contribution is 0.0958. The summed E-state index contributed by atoms with van der Waals surface area (Å²) in [5.74, 6) is 0.0887. The molecule has 0 saturated carbocycles. The lowest BCUT2D eigenvalue weighted by atomic mass is 10.1. The van der Waals surface area contributed by atoms with Crippen LogP contribution in [0.4, 0.5) is 0 Å². The topological polar surface area (TPSA) is 39.2 Å². The molecule has 3 nitrogen and oxygen atoms in total. The van der Waals surface area contributed by atoms with Gasteiger partial charge in [0.2, 0.25) is 0 Å². The van der Waals surface area contributed by atoms with Gasteiger partial charge in [-0.25, -0.2) is 0 Å². The van der Waals surface area contributed by atoms with E-state index in [1.165, 1.54) is 0 Å². The van der Waals surface area contributed by atoms with E-state index in [9.17, 15) is 4.79 Å². The molecule has 0 atom stereocenters. The zero-order chi connectivity index (χ0) is 10.4. The highest BCUT2D eigenvalue weighted by molar-refractivity contribution is 5.94. The van der Waals surface area contributed by atoms with Crippen molar-refractivity contribution < 1.29 is 9.53 Å². The molecule has 0 amide bonds. The fraction of sp³-hybridized carbons (Fsp3) is 0.455. The van der Waals surface area contributed by atoms with Crippen molar-refractivity contribution in [3.05, 3.63) is 29.6 Å². The first kappa shape index (κ1) is 10.9. The van der Waals surface area contributed by atoms with Crippen molar-refractivity contribution in [2.75, 3.05) is 13.7 Å². The zero-order valence-electron chi connectivity index (χ0n) is 8.62.